The number of primary amides is 1. The van der Waals surface area contributed by atoms with Gasteiger partial charge in [-0.1, -0.05) is 5.92 Å². The Morgan fingerprint density at radius 1 is 1.11 bits per heavy atom. The Labute approximate surface area is 265 Å². The number of halogens is 3. The van der Waals surface area contributed by atoms with Crippen molar-refractivity contribution in [2.45, 2.75) is 32.5 Å². The predicted molar refractivity (Wildman–Crippen MR) is 161 cm³/mol. The van der Waals surface area contributed by atoms with Crippen LogP contribution in [0, 0.1) is 12.3 Å². The minimum atomic E-state index is -4.78. The van der Waals surface area contributed by atoms with E-state index in [1.807, 2.05) is 0 Å². The Bertz CT molecular complexity index is 1850. The molecule has 47 heavy (non-hydrogen) atoms. The summed E-state index contributed by atoms with van der Waals surface area (Å²) in [4.78, 5) is 58.1. The quantitative estimate of drug-likeness (QED) is 0.225. The molecule has 14 nitrogen and oxygen atoms in total. The number of pyridine rings is 1. The maximum atomic E-state index is 13.3. The highest BCUT2D eigenvalue weighted by Crippen LogP contribution is 2.27. The molecule has 0 unspecified atom stereocenters. The number of nitrogens with two attached hydrogens (primary N) is 1. The molecule has 244 valence electrons. The number of oxazole rings is 1. The van der Waals surface area contributed by atoms with Gasteiger partial charge in [-0.2, -0.15) is 18.3 Å². The van der Waals surface area contributed by atoms with E-state index in [1.165, 1.54) is 49.8 Å². The lowest BCUT2D eigenvalue weighted by molar-refractivity contribution is -0.119. The molecule has 4 aromatic rings. The monoisotopic (exact) mass is 652 g/mol. The molecule has 17 heteroatoms. The van der Waals surface area contributed by atoms with Crippen molar-refractivity contribution >= 4 is 35.3 Å². The van der Waals surface area contributed by atoms with Crippen LogP contribution in [0.1, 0.15) is 52.1 Å². The largest absolute Gasteiger partial charge is 0.444 e. The highest BCUT2D eigenvalue weighted by molar-refractivity contribution is 6.07. The molecule has 1 aromatic carbocycles. The Balaban J connectivity index is 1.55. The third-order valence-corrected chi connectivity index (χ3v) is 5.90. The highest BCUT2D eigenvalue weighted by atomic mass is 19.4. The molecule has 4 amide bonds. The summed E-state index contributed by atoms with van der Waals surface area (Å²) < 4.78 is 51.7. The van der Waals surface area contributed by atoms with E-state index in [1.54, 1.807) is 12.1 Å². The number of hydrogen-bond donors (Lipinski definition) is 3. The smallest absolute Gasteiger partial charge is 0.416 e. The molecule has 4 N–H and O–H groups in total. The van der Waals surface area contributed by atoms with E-state index in [0.717, 1.165) is 18.5 Å². The summed E-state index contributed by atoms with van der Waals surface area (Å²) in [5.74, 6) is -0.486. The first-order valence-electron chi connectivity index (χ1n) is 13.6. The number of hydrogen-bond acceptors (Lipinski definition) is 9. The second-order valence-electron chi connectivity index (χ2n) is 10.7. The number of nitrogens with one attached hydrogen (secondary N) is 2. The predicted octanol–water partition coefficient (Wildman–Crippen LogP) is 3.94. The molecule has 0 radical (unpaired) electrons. The van der Waals surface area contributed by atoms with Gasteiger partial charge < -0.3 is 25.5 Å². The fraction of sp³-hybridized carbons (Fsp3) is 0.233. The number of anilines is 2. The lowest BCUT2D eigenvalue weighted by Gasteiger charge is -2.27. The third-order valence-electron chi connectivity index (χ3n) is 5.90. The van der Waals surface area contributed by atoms with E-state index < -0.39 is 48.0 Å². The first kappa shape index (κ1) is 33.7. The number of ether oxygens (including phenoxy) is 1. The molecule has 3 aromatic heterocycles. The molecule has 4 rings (SSSR count). The molecule has 0 saturated carbocycles. The molecular formula is C30H27F3N8O6. The standard InChI is InChI=1S/C30H27F3N8O6/c1-5-11-36-25(43)17-6-8-19(9-7-17)41-14-20(23(39-41)24(34)42)37-26(44)21-15-46-27(38-21)18-10-12-35-22(13-18)40(16-30(31,32)33)28(45)47-29(2,3)4/h1,6-10,12-15H,11,16H2,2-4H3,(H2,34,42)(H,36,43)(H,37,44). The second kappa shape index (κ2) is 13.4. The van der Waals surface area contributed by atoms with E-state index in [-0.39, 0.29) is 35.1 Å². The van der Waals surface area contributed by atoms with Gasteiger partial charge in [-0.25, -0.2) is 19.4 Å². The van der Waals surface area contributed by atoms with Crippen molar-refractivity contribution in [1.82, 2.24) is 25.1 Å². The first-order chi connectivity index (χ1) is 22.0. The number of benzene rings is 1. The molecule has 0 spiro atoms. The molecule has 0 bridgehead atoms. The average Bonchev–Trinajstić information content (AvgIpc) is 3.66. The fourth-order valence-corrected chi connectivity index (χ4v) is 3.91. The van der Waals surface area contributed by atoms with Gasteiger partial charge in [0.15, 0.2) is 11.4 Å². The van der Waals surface area contributed by atoms with Gasteiger partial charge in [0.25, 0.3) is 17.7 Å². The summed E-state index contributed by atoms with van der Waals surface area (Å²) in [6, 6.07) is 8.55. The fourth-order valence-electron chi connectivity index (χ4n) is 3.91. The van der Waals surface area contributed by atoms with E-state index in [0.29, 0.717) is 16.2 Å². The molecule has 0 aliphatic carbocycles. The molecule has 0 atom stereocenters. The second-order valence-corrected chi connectivity index (χ2v) is 10.7. The van der Waals surface area contributed by atoms with Crippen LogP contribution in [0.3, 0.4) is 0 Å². The van der Waals surface area contributed by atoms with Crippen molar-refractivity contribution in [3.8, 4) is 29.5 Å². The van der Waals surface area contributed by atoms with Gasteiger partial charge in [-0.3, -0.25) is 19.3 Å². The third kappa shape index (κ3) is 8.72. The van der Waals surface area contributed by atoms with Crippen LogP contribution in [0.2, 0.25) is 0 Å². The van der Waals surface area contributed by atoms with Gasteiger partial charge in [-0.05, 0) is 57.2 Å². The highest BCUT2D eigenvalue weighted by Gasteiger charge is 2.36. The lowest BCUT2D eigenvalue weighted by atomic mass is 10.2. The zero-order chi connectivity index (χ0) is 34.5. The summed E-state index contributed by atoms with van der Waals surface area (Å²) in [5.41, 5.74) is 4.57. The van der Waals surface area contributed by atoms with Gasteiger partial charge in [0.05, 0.1) is 24.1 Å². The van der Waals surface area contributed by atoms with Crippen molar-refractivity contribution in [2.24, 2.45) is 5.73 Å². The maximum Gasteiger partial charge on any atom is 0.416 e. The van der Waals surface area contributed by atoms with E-state index in [4.69, 9.17) is 21.3 Å². The van der Waals surface area contributed by atoms with Crippen LogP contribution < -0.4 is 21.3 Å². The Hall–Kier alpha value is -6.18. The normalized spacial score (nSPS) is 11.3. The van der Waals surface area contributed by atoms with Crippen LogP contribution in [0.5, 0.6) is 0 Å². The summed E-state index contributed by atoms with van der Waals surface area (Å²) in [7, 11) is 0. The Morgan fingerprint density at radius 3 is 2.43 bits per heavy atom. The molecular weight excluding hydrogens is 625 g/mol. The Morgan fingerprint density at radius 2 is 1.81 bits per heavy atom. The average molecular weight is 653 g/mol. The number of aromatic nitrogens is 4. The number of rotatable bonds is 9. The number of nitrogens with zero attached hydrogens (tertiary/aromatic N) is 5. The first-order valence-corrected chi connectivity index (χ1v) is 13.6. The van der Waals surface area contributed by atoms with Crippen LogP contribution in [0.15, 0.2) is 59.5 Å². The van der Waals surface area contributed by atoms with Crippen molar-refractivity contribution in [2.75, 3.05) is 23.3 Å². The minimum absolute atomic E-state index is 0.0516. The van der Waals surface area contributed by atoms with Gasteiger partial charge in [0.2, 0.25) is 5.89 Å². The van der Waals surface area contributed by atoms with Crippen LogP contribution in [0.4, 0.5) is 29.5 Å². The molecule has 3 heterocycles. The molecule has 0 aliphatic heterocycles. The van der Waals surface area contributed by atoms with Gasteiger partial charge >= 0.3 is 12.3 Å². The number of alkyl halides is 3. The van der Waals surface area contributed by atoms with Crippen molar-refractivity contribution in [3.63, 3.8) is 0 Å². The van der Waals surface area contributed by atoms with Crippen LogP contribution in [-0.4, -0.2) is 68.4 Å². The number of terminal acetylenes is 1. The van der Waals surface area contributed by atoms with Crippen molar-refractivity contribution in [3.05, 3.63) is 72.0 Å². The molecule has 0 aliphatic rings. The minimum Gasteiger partial charge on any atom is -0.444 e. The Kier molecular flexibility index (Phi) is 9.64. The van der Waals surface area contributed by atoms with Crippen LogP contribution >= 0.6 is 0 Å². The molecule has 0 saturated heterocycles. The van der Waals surface area contributed by atoms with E-state index in [2.05, 4.69) is 31.6 Å². The van der Waals surface area contributed by atoms with E-state index >= 15 is 0 Å². The summed E-state index contributed by atoms with van der Waals surface area (Å²) in [6.45, 7) is 2.87. The summed E-state index contributed by atoms with van der Waals surface area (Å²) in [6.07, 6.45) is 2.52. The number of amides is 4. The summed E-state index contributed by atoms with van der Waals surface area (Å²) in [5, 5.41) is 9.12. The van der Waals surface area contributed by atoms with Crippen molar-refractivity contribution < 1.29 is 41.5 Å². The van der Waals surface area contributed by atoms with E-state index in [9.17, 15) is 32.3 Å². The zero-order valence-electron chi connectivity index (χ0n) is 25.1. The SMILES string of the molecule is C#CCNC(=O)c1ccc(-n2cc(NC(=O)c3coc(-c4ccnc(N(CC(F)(F)F)C(=O)OC(C)(C)C)c4)n3)c(C(N)=O)n2)cc1. The summed E-state index contributed by atoms with van der Waals surface area (Å²) >= 11 is 0. The van der Waals surface area contributed by atoms with Crippen molar-refractivity contribution in [1.29, 1.82) is 0 Å². The van der Waals surface area contributed by atoms with Crippen LogP contribution in [0.25, 0.3) is 17.1 Å². The topological polar surface area (TPSA) is 188 Å². The zero-order valence-corrected chi connectivity index (χ0v) is 25.1. The lowest BCUT2D eigenvalue weighted by Crippen LogP contribution is -2.42. The molecule has 0 fully saturated rings. The van der Waals surface area contributed by atoms with Crippen LogP contribution in [-0.2, 0) is 4.74 Å². The van der Waals surface area contributed by atoms with Gasteiger partial charge in [0.1, 0.15) is 24.2 Å². The van der Waals surface area contributed by atoms with Gasteiger partial charge in [0, 0.05) is 17.3 Å². The number of carbonyl (C=O) groups excluding carboxylic acids is 4. The maximum absolute atomic E-state index is 13.3. The van der Waals surface area contributed by atoms with Gasteiger partial charge in [-0.15, -0.1) is 6.42 Å². The number of carbonyl (C=O) groups is 4.